The zero-order valence-electron chi connectivity index (χ0n) is 8.28. The van der Waals surface area contributed by atoms with E-state index in [0.717, 1.165) is 6.20 Å². The summed E-state index contributed by atoms with van der Waals surface area (Å²) < 4.78 is 0. The van der Waals surface area contributed by atoms with E-state index in [9.17, 15) is 14.9 Å². The second-order valence-corrected chi connectivity index (χ2v) is 2.71. The highest BCUT2D eigenvalue weighted by atomic mass is 16.7. The largest absolute Gasteiger partial charge is 0.479 e. The molecule has 1 rings (SSSR count). The van der Waals surface area contributed by atoms with Crippen LogP contribution < -0.4 is 5.48 Å². The lowest BCUT2D eigenvalue weighted by molar-refractivity contribution is -0.384. The summed E-state index contributed by atoms with van der Waals surface area (Å²) in [6.07, 6.45) is 1.16. The summed E-state index contributed by atoms with van der Waals surface area (Å²) >= 11 is 0. The van der Waals surface area contributed by atoms with E-state index in [0.29, 0.717) is 0 Å². The van der Waals surface area contributed by atoms with E-state index in [4.69, 9.17) is 10.4 Å². The number of carboxylic acids is 1. The summed E-state index contributed by atoms with van der Waals surface area (Å²) in [5, 5.41) is 27.7. The first-order chi connectivity index (χ1) is 8.06. The van der Waals surface area contributed by atoms with E-state index in [2.05, 4.69) is 9.82 Å². The van der Waals surface area contributed by atoms with Crippen LogP contribution in [0.4, 0.5) is 11.5 Å². The second-order valence-electron chi connectivity index (χ2n) is 2.71. The van der Waals surface area contributed by atoms with Gasteiger partial charge < -0.3 is 5.11 Å². The molecule has 9 nitrogen and oxygen atoms in total. The second kappa shape index (κ2) is 5.38. The fourth-order valence-corrected chi connectivity index (χ4v) is 0.970. The van der Waals surface area contributed by atoms with Crippen LogP contribution in [0.1, 0.15) is 5.56 Å². The maximum atomic E-state index is 10.7. The predicted octanol–water partition coefficient (Wildman–Crippen LogP) is 0.290. The number of hydrogen-bond donors (Lipinski definition) is 2. The highest BCUT2D eigenvalue weighted by Crippen LogP contribution is 2.25. The first kappa shape index (κ1) is 12.3. The average Bonchev–Trinajstić information content (AvgIpc) is 2.27. The summed E-state index contributed by atoms with van der Waals surface area (Å²) in [5.41, 5.74) is 1.24. The number of rotatable bonds is 5. The Morgan fingerprint density at radius 2 is 2.47 bits per heavy atom. The standard InChI is InChI=1S/C8H6N4O5/c9-3-5-1-2-10-8(7(5)12(15)16)11-17-4-6(13)14/h1-2H,4H2,(H,10,11)(H,13,14). The lowest BCUT2D eigenvalue weighted by atomic mass is 10.2. The van der Waals surface area contributed by atoms with Gasteiger partial charge in [-0.2, -0.15) is 5.26 Å². The van der Waals surface area contributed by atoms with Gasteiger partial charge in [0.25, 0.3) is 0 Å². The monoisotopic (exact) mass is 238 g/mol. The topological polar surface area (TPSA) is 138 Å². The molecule has 0 atom stereocenters. The molecule has 1 heterocycles. The van der Waals surface area contributed by atoms with Crippen molar-refractivity contribution in [1.29, 1.82) is 5.26 Å². The minimum absolute atomic E-state index is 0.202. The number of anilines is 1. The number of carboxylic acid groups (broad SMARTS) is 1. The fourth-order valence-electron chi connectivity index (χ4n) is 0.970. The quantitative estimate of drug-likeness (QED) is 0.551. The van der Waals surface area contributed by atoms with E-state index >= 15 is 0 Å². The number of pyridine rings is 1. The SMILES string of the molecule is N#Cc1ccnc(NOCC(=O)O)c1[N+](=O)[O-]. The molecule has 1 aromatic rings. The van der Waals surface area contributed by atoms with Crippen molar-refractivity contribution < 1.29 is 19.7 Å². The van der Waals surface area contributed by atoms with Crippen LogP contribution in [0.25, 0.3) is 0 Å². The van der Waals surface area contributed by atoms with E-state index < -0.39 is 23.2 Å². The molecule has 0 unspecified atom stereocenters. The fraction of sp³-hybridized carbons (Fsp3) is 0.125. The van der Waals surface area contributed by atoms with Crippen LogP contribution in [0, 0.1) is 21.4 Å². The normalized spacial score (nSPS) is 9.35. The number of aliphatic carboxylic acids is 1. The highest BCUT2D eigenvalue weighted by molar-refractivity contribution is 5.68. The molecule has 0 aliphatic rings. The molecule has 17 heavy (non-hydrogen) atoms. The van der Waals surface area contributed by atoms with Crippen molar-refractivity contribution in [2.24, 2.45) is 0 Å². The van der Waals surface area contributed by atoms with Crippen LogP contribution in [0.2, 0.25) is 0 Å². The number of nitriles is 1. The van der Waals surface area contributed by atoms with Crippen molar-refractivity contribution >= 4 is 17.5 Å². The molecule has 0 aliphatic carbocycles. The summed E-state index contributed by atoms with van der Waals surface area (Å²) in [4.78, 5) is 28.1. The molecule has 0 amide bonds. The first-order valence-corrected chi connectivity index (χ1v) is 4.19. The lowest BCUT2D eigenvalue weighted by Crippen LogP contribution is -2.13. The van der Waals surface area contributed by atoms with Crippen molar-refractivity contribution in [3.05, 3.63) is 27.9 Å². The van der Waals surface area contributed by atoms with Crippen molar-refractivity contribution in [3.8, 4) is 6.07 Å². The molecule has 0 radical (unpaired) electrons. The van der Waals surface area contributed by atoms with E-state index in [1.165, 1.54) is 6.07 Å². The smallest absolute Gasteiger partial charge is 0.332 e. The summed E-state index contributed by atoms with van der Waals surface area (Å²) in [5.74, 6) is -1.58. The van der Waals surface area contributed by atoms with Crippen LogP contribution in [-0.4, -0.2) is 27.6 Å². The van der Waals surface area contributed by atoms with Crippen molar-refractivity contribution in [2.45, 2.75) is 0 Å². The zero-order chi connectivity index (χ0) is 12.8. The van der Waals surface area contributed by atoms with Gasteiger partial charge in [-0.15, -0.1) is 0 Å². The minimum Gasteiger partial charge on any atom is -0.479 e. The molecule has 0 fully saturated rings. The Morgan fingerprint density at radius 3 is 3.00 bits per heavy atom. The maximum absolute atomic E-state index is 10.7. The molecule has 9 heteroatoms. The number of nitro groups is 1. The van der Waals surface area contributed by atoms with Gasteiger partial charge in [0.15, 0.2) is 6.61 Å². The van der Waals surface area contributed by atoms with Gasteiger partial charge in [-0.25, -0.2) is 15.3 Å². The molecule has 0 saturated carbocycles. The van der Waals surface area contributed by atoms with Gasteiger partial charge in [0.2, 0.25) is 5.82 Å². The van der Waals surface area contributed by atoms with Crippen molar-refractivity contribution in [3.63, 3.8) is 0 Å². The van der Waals surface area contributed by atoms with Gasteiger partial charge in [-0.3, -0.25) is 15.0 Å². The lowest BCUT2D eigenvalue weighted by Gasteiger charge is -2.04. The number of hydrogen-bond acceptors (Lipinski definition) is 7. The Hall–Kier alpha value is -2.73. The Morgan fingerprint density at radius 1 is 1.76 bits per heavy atom. The van der Waals surface area contributed by atoms with Gasteiger partial charge in [0, 0.05) is 6.20 Å². The minimum atomic E-state index is -1.25. The summed E-state index contributed by atoms with van der Waals surface area (Å²) in [6.45, 7) is -0.699. The highest BCUT2D eigenvalue weighted by Gasteiger charge is 2.21. The van der Waals surface area contributed by atoms with Crippen LogP contribution in [-0.2, 0) is 9.63 Å². The third-order valence-electron chi connectivity index (χ3n) is 1.59. The predicted molar refractivity (Wildman–Crippen MR) is 52.8 cm³/mol. The Labute approximate surface area is 94.4 Å². The molecular weight excluding hydrogens is 232 g/mol. The van der Waals surface area contributed by atoms with E-state index in [-0.39, 0.29) is 11.4 Å². The number of nitrogens with zero attached hydrogens (tertiary/aromatic N) is 3. The van der Waals surface area contributed by atoms with Crippen molar-refractivity contribution in [2.75, 3.05) is 12.1 Å². The van der Waals surface area contributed by atoms with E-state index in [1.54, 1.807) is 6.07 Å². The third kappa shape index (κ3) is 3.11. The van der Waals surface area contributed by atoms with Crippen LogP contribution in [0.5, 0.6) is 0 Å². The average molecular weight is 238 g/mol. The maximum Gasteiger partial charge on any atom is 0.332 e. The molecule has 1 aromatic heterocycles. The zero-order valence-corrected chi connectivity index (χ0v) is 8.28. The summed E-state index contributed by atoms with van der Waals surface area (Å²) in [7, 11) is 0. The number of nitrogens with one attached hydrogen (secondary N) is 1. The van der Waals surface area contributed by atoms with Gasteiger partial charge in [-0.05, 0) is 6.07 Å². The number of carbonyl (C=O) groups is 1. The van der Waals surface area contributed by atoms with Gasteiger partial charge in [-0.1, -0.05) is 0 Å². The Bertz CT molecular complexity index is 495. The molecule has 2 N–H and O–H groups in total. The van der Waals surface area contributed by atoms with Gasteiger partial charge in [0.05, 0.1) is 4.92 Å². The molecule has 0 saturated heterocycles. The molecule has 0 spiro atoms. The third-order valence-corrected chi connectivity index (χ3v) is 1.59. The summed E-state index contributed by atoms with van der Waals surface area (Å²) in [6, 6.07) is 2.79. The van der Waals surface area contributed by atoms with Gasteiger partial charge >= 0.3 is 11.7 Å². The van der Waals surface area contributed by atoms with Crippen LogP contribution in [0.3, 0.4) is 0 Å². The van der Waals surface area contributed by atoms with Gasteiger partial charge in [0.1, 0.15) is 11.6 Å². The molecule has 0 bridgehead atoms. The molecule has 88 valence electrons. The first-order valence-electron chi connectivity index (χ1n) is 4.19. The van der Waals surface area contributed by atoms with Crippen LogP contribution >= 0.6 is 0 Å². The van der Waals surface area contributed by atoms with E-state index in [1.807, 2.05) is 5.48 Å². The Balaban J connectivity index is 2.95. The molecule has 0 aliphatic heterocycles. The molecular formula is C8H6N4O5. The number of aromatic nitrogens is 1. The Kier molecular flexibility index (Phi) is 3.91. The van der Waals surface area contributed by atoms with Crippen LogP contribution in [0.15, 0.2) is 12.3 Å². The molecule has 0 aromatic carbocycles. The van der Waals surface area contributed by atoms with Crippen molar-refractivity contribution in [1.82, 2.24) is 4.98 Å².